The molecule has 0 aromatic carbocycles. The molecule has 2 aliphatic rings. The van der Waals surface area contributed by atoms with Crippen LogP contribution in [0.25, 0.3) is 0 Å². The van der Waals surface area contributed by atoms with Crippen molar-refractivity contribution in [3.8, 4) is 0 Å². The Kier molecular flexibility index (Phi) is 5.52. The summed E-state index contributed by atoms with van der Waals surface area (Å²) in [6, 6.07) is 0. The lowest BCUT2D eigenvalue weighted by Gasteiger charge is -2.34. The topological polar surface area (TPSA) is 29.5 Å². The second-order valence-corrected chi connectivity index (χ2v) is 8.23. The summed E-state index contributed by atoms with van der Waals surface area (Å²) in [5, 5.41) is 12.1. The van der Waals surface area contributed by atoms with Crippen LogP contribution in [0.2, 0.25) is 0 Å². The lowest BCUT2D eigenvalue weighted by atomic mass is 10.1. The van der Waals surface area contributed by atoms with Crippen LogP contribution in [0, 0.1) is 0 Å². The van der Waals surface area contributed by atoms with Crippen molar-refractivity contribution in [3.05, 3.63) is 0 Å². The van der Waals surface area contributed by atoms with Crippen molar-refractivity contribution in [1.82, 2.24) is 0 Å². The molecule has 0 saturated carbocycles. The molecule has 2 aliphatic heterocycles. The van der Waals surface area contributed by atoms with Gasteiger partial charge in [-0.25, -0.2) is 0 Å². The first-order valence-corrected chi connectivity index (χ1v) is 8.72. The molecule has 2 rings (SSSR count). The number of hydrogen-bond acceptors (Lipinski definition) is 4. The van der Waals surface area contributed by atoms with E-state index in [1.165, 1.54) is 12.8 Å². The van der Waals surface area contributed by atoms with E-state index in [1.54, 1.807) is 0 Å². The molecular weight excluding hydrogens is 252 g/mol. The van der Waals surface area contributed by atoms with Crippen molar-refractivity contribution in [2.75, 3.05) is 12.4 Å². The highest BCUT2D eigenvalue weighted by Gasteiger charge is 2.30. The first-order chi connectivity index (χ1) is 8.16. The highest BCUT2D eigenvalue weighted by molar-refractivity contribution is 8.07. The van der Waals surface area contributed by atoms with E-state index in [9.17, 15) is 5.11 Å². The Morgan fingerprint density at radius 2 is 2.18 bits per heavy atom. The Bertz CT molecular complexity index is 231. The SMILES string of the molecule is CC1SCC(C(O)CCC2CCCO2)SC1C. The molecule has 5 unspecified atom stereocenters. The number of aliphatic hydroxyl groups excluding tert-OH is 1. The number of ether oxygens (including phenoxy) is 1. The van der Waals surface area contributed by atoms with Crippen LogP contribution in [0.15, 0.2) is 0 Å². The van der Waals surface area contributed by atoms with Crippen molar-refractivity contribution < 1.29 is 9.84 Å². The van der Waals surface area contributed by atoms with Crippen LogP contribution in [0.4, 0.5) is 0 Å². The van der Waals surface area contributed by atoms with Gasteiger partial charge in [0.25, 0.3) is 0 Å². The van der Waals surface area contributed by atoms with E-state index >= 15 is 0 Å². The van der Waals surface area contributed by atoms with Gasteiger partial charge in [-0.05, 0) is 25.7 Å². The zero-order valence-electron chi connectivity index (χ0n) is 10.8. The Morgan fingerprint density at radius 3 is 2.82 bits per heavy atom. The van der Waals surface area contributed by atoms with Crippen molar-refractivity contribution in [2.24, 2.45) is 0 Å². The fourth-order valence-electron chi connectivity index (χ4n) is 2.42. The van der Waals surface area contributed by atoms with Gasteiger partial charge in [0.15, 0.2) is 0 Å². The maximum Gasteiger partial charge on any atom is 0.0667 e. The Hall–Kier alpha value is 0.620. The molecule has 0 aliphatic carbocycles. The molecule has 1 N–H and O–H groups in total. The third kappa shape index (κ3) is 4.05. The van der Waals surface area contributed by atoms with E-state index in [0.29, 0.717) is 16.6 Å². The van der Waals surface area contributed by atoms with Crippen LogP contribution in [-0.4, -0.2) is 45.4 Å². The molecule has 0 amide bonds. The average Bonchev–Trinajstić information content (AvgIpc) is 2.82. The largest absolute Gasteiger partial charge is 0.392 e. The third-order valence-corrected chi connectivity index (χ3v) is 7.35. The second kappa shape index (κ2) is 6.69. The van der Waals surface area contributed by atoms with Gasteiger partial charge in [0.1, 0.15) is 0 Å². The summed E-state index contributed by atoms with van der Waals surface area (Å²) in [5.74, 6) is 1.10. The molecule has 2 fully saturated rings. The predicted octanol–water partition coefficient (Wildman–Crippen LogP) is 2.93. The zero-order valence-corrected chi connectivity index (χ0v) is 12.4. The number of thioether (sulfide) groups is 2. The normalized spacial score (nSPS) is 40.4. The minimum Gasteiger partial charge on any atom is -0.392 e. The van der Waals surface area contributed by atoms with Crippen LogP contribution >= 0.6 is 23.5 Å². The first-order valence-electron chi connectivity index (χ1n) is 6.73. The van der Waals surface area contributed by atoms with Crippen molar-refractivity contribution in [2.45, 2.75) is 67.5 Å². The third-order valence-electron chi connectivity index (χ3n) is 3.81. The molecule has 5 atom stereocenters. The summed E-state index contributed by atoms with van der Waals surface area (Å²) in [6.07, 6.45) is 4.60. The lowest BCUT2D eigenvalue weighted by Crippen LogP contribution is -2.34. The van der Waals surface area contributed by atoms with Gasteiger partial charge in [0.05, 0.1) is 12.2 Å². The van der Waals surface area contributed by atoms with Crippen LogP contribution < -0.4 is 0 Å². The minimum atomic E-state index is -0.147. The standard InChI is InChI=1S/C13H24O2S2/c1-9-10(2)17-13(8-16-9)12(14)6-5-11-4-3-7-15-11/h9-14H,3-8H2,1-2H3. The molecule has 0 radical (unpaired) electrons. The molecule has 0 aromatic heterocycles. The van der Waals surface area contributed by atoms with E-state index < -0.39 is 0 Å². The summed E-state index contributed by atoms with van der Waals surface area (Å²) >= 11 is 3.98. The van der Waals surface area contributed by atoms with Crippen LogP contribution in [-0.2, 0) is 4.74 Å². The van der Waals surface area contributed by atoms with E-state index in [0.717, 1.165) is 30.5 Å². The Labute approximate surface area is 113 Å². The average molecular weight is 276 g/mol. The lowest BCUT2D eigenvalue weighted by molar-refractivity contribution is 0.0818. The maximum atomic E-state index is 10.2. The van der Waals surface area contributed by atoms with E-state index in [1.807, 2.05) is 23.5 Å². The predicted molar refractivity (Wildman–Crippen MR) is 77.0 cm³/mol. The van der Waals surface area contributed by atoms with Gasteiger partial charge < -0.3 is 9.84 Å². The Morgan fingerprint density at radius 1 is 1.35 bits per heavy atom. The minimum absolute atomic E-state index is 0.147. The van der Waals surface area contributed by atoms with Gasteiger partial charge in [-0.1, -0.05) is 13.8 Å². The molecule has 17 heavy (non-hydrogen) atoms. The second-order valence-electron chi connectivity index (χ2n) is 5.20. The first kappa shape index (κ1) is 14.0. The molecule has 0 spiro atoms. The van der Waals surface area contributed by atoms with Crippen molar-refractivity contribution in [1.29, 1.82) is 0 Å². The molecule has 100 valence electrons. The fraction of sp³-hybridized carbons (Fsp3) is 1.00. The summed E-state index contributed by atoms with van der Waals surface area (Å²) in [4.78, 5) is 0. The van der Waals surface area contributed by atoms with E-state index in [2.05, 4.69) is 13.8 Å². The van der Waals surface area contributed by atoms with Gasteiger partial charge >= 0.3 is 0 Å². The molecule has 4 heteroatoms. The molecule has 2 saturated heterocycles. The fourth-order valence-corrected chi connectivity index (χ4v) is 5.48. The van der Waals surface area contributed by atoms with Gasteiger partial charge in [-0.3, -0.25) is 0 Å². The molecule has 0 aromatic rings. The smallest absolute Gasteiger partial charge is 0.0667 e. The summed E-state index contributed by atoms with van der Waals surface area (Å²) in [7, 11) is 0. The number of rotatable bonds is 4. The highest BCUT2D eigenvalue weighted by atomic mass is 32.2. The molecule has 2 nitrogen and oxygen atoms in total. The van der Waals surface area contributed by atoms with Crippen molar-refractivity contribution >= 4 is 23.5 Å². The number of hydrogen-bond donors (Lipinski definition) is 1. The molecular formula is C13H24O2S2. The van der Waals surface area contributed by atoms with Gasteiger partial charge in [0, 0.05) is 28.1 Å². The highest BCUT2D eigenvalue weighted by Crippen LogP contribution is 2.38. The van der Waals surface area contributed by atoms with Gasteiger partial charge in [0.2, 0.25) is 0 Å². The quantitative estimate of drug-likeness (QED) is 0.855. The van der Waals surface area contributed by atoms with Crippen LogP contribution in [0.3, 0.4) is 0 Å². The zero-order chi connectivity index (χ0) is 12.3. The van der Waals surface area contributed by atoms with Crippen molar-refractivity contribution in [3.63, 3.8) is 0 Å². The number of aliphatic hydroxyl groups is 1. The van der Waals surface area contributed by atoms with Gasteiger partial charge in [-0.2, -0.15) is 23.5 Å². The summed E-state index contributed by atoms with van der Waals surface area (Å²) in [6.45, 7) is 5.49. The van der Waals surface area contributed by atoms with Crippen LogP contribution in [0.5, 0.6) is 0 Å². The molecule has 0 bridgehead atoms. The Balaban J connectivity index is 1.70. The maximum absolute atomic E-state index is 10.2. The van der Waals surface area contributed by atoms with E-state index in [4.69, 9.17) is 4.74 Å². The summed E-state index contributed by atoms with van der Waals surface area (Å²) < 4.78 is 5.61. The summed E-state index contributed by atoms with van der Waals surface area (Å²) in [5.41, 5.74) is 0. The van der Waals surface area contributed by atoms with Crippen LogP contribution in [0.1, 0.15) is 39.5 Å². The van der Waals surface area contributed by atoms with Gasteiger partial charge in [-0.15, -0.1) is 0 Å². The molecule has 2 heterocycles. The van der Waals surface area contributed by atoms with E-state index in [-0.39, 0.29) is 6.10 Å². The monoisotopic (exact) mass is 276 g/mol.